The van der Waals surface area contributed by atoms with Crippen LogP contribution < -0.4 is 5.32 Å². The zero-order valence-electron chi connectivity index (χ0n) is 11.3. The summed E-state index contributed by atoms with van der Waals surface area (Å²) in [4.78, 5) is 11.7. The summed E-state index contributed by atoms with van der Waals surface area (Å²) in [5, 5.41) is 2.04. The molecule has 0 spiro atoms. The van der Waals surface area contributed by atoms with Crippen LogP contribution in [-0.4, -0.2) is 12.0 Å². The van der Waals surface area contributed by atoms with Crippen molar-refractivity contribution < 1.29 is 22.4 Å². The molecule has 20 heavy (non-hydrogen) atoms. The fraction of sp³-hybridized carbons (Fsp3) is 0.357. The lowest BCUT2D eigenvalue weighted by Crippen LogP contribution is -2.24. The molecule has 0 saturated heterocycles. The van der Waals surface area contributed by atoms with Gasteiger partial charge in [-0.2, -0.15) is 13.2 Å². The lowest BCUT2D eigenvalue weighted by Gasteiger charge is -2.18. The van der Waals surface area contributed by atoms with E-state index in [-0.39, 0.29) is 5.69 Å². The molecule has 0 fully saturated rings. The van der Waals surface area contributed by atoms with E-state index in [1.807, 2.05) is 5.32 Å². The molecule has 0 atom stereocenters. The second-order valence-corrected chi connectivity index (χ2v) is 5.31. The molecule has 0 unspecified atom stereocenters. The molecule has 0 radical (unpaired) electrons. The quantitative estimate of drug-likeness (QED) is 0.664. The molecule has 2 nitrogen and oxygen atoms in total. The van der Waals surface area contributed by atoms with Gasteiger partial charge in [-0.15, -0.1) is 0 Å². The Morgan fingerprint density at radius 2 is 1.80 bits per heavy atom. The van der Waals surface area contributed by atoms with Gasteiger partial charge >= 0.3 is 6.18 Å². The van der Waals surface area contributed by atoms with Crippen LogP contribution in [0.3, 0.4) is 0 Å². The Balaban J connectivity index is 3.09. The van der Waals surface area contributed by atoms with Crippen LogP contribution >= 0.6 is 0 Å². The summed E-state index contributed by atoms with van der Waals surface area (Å²) in [6.07, 6.45) is -4.22. The Kier molecular flexibility index (Phi) is 4.57. The maximum Gasteiger partial charge on any atom is 0.431 e. The van der Waals surface area contributed by atoms with E-state index in [1.165, 1.54) is 32.9 Å². The van der Waals surface area contributed by atoms with Crippen molar-refractivity contribution in [3.8, 4) is 0 Å². The van der Waals surface area contributed by atoms with Gasteiger partial charge in [0.25, 0.3) is 0 Å². The van der Waals surface area contributed by atoms with Gasteiger partial charge in [0.05, 0.1) is 0 Å². The van der Waals surface area contributed by atoms with Gasteiger partial charge in [-0.05, 0) is 18.2 Å². The molecule has 0 aromatic heterocycles. The Hall–Kier alpha value is -1.85. The molecule has 0 saturated carbocycles. The number of carbonyl (C=O) groups is 1. The number of carbonyl (C=O) groups excluding carboxylic acids is 1. The summed E-state index contributed by atoms with van der Waals surface area (Å²) in [7, 11) is 0. The normalized spacial score (nSPS) is 13.2. The molecule has 110 valence electrons. The van der Waals surface area contributed by atoms with Gasteiger partial charge in [-0.3, -0.25) is 4.79 Å². The molecule has 1 aromatic rings. The number of ketones is 1. The highest BCUT2D eigenvalue weighted by molar-refractivity contribution is 5.95. The SMILES string of the molecule is CC(C)(C)C(=O)/C=C(/Nc1cccc(F)c1)C(F)(F)F. The Labute approximate surface area is 114 Å². The largest absolute Gasteiger partial charge is 0.431 e. The van der Waals surface area contributed by atoms with Crippen LogP contribution in [0.25, 0.3) is 0 Å². The molecule has 0 heterocycles. The average molecular weight is 289 g/mol. The molecular weight excluding hydrogens is 274 g/mol. The summed E-state index contributed by atoms with van der Waals surface area (Å²) >= 11 is 0. The third-order valence-corrected chi connectivity index (χ3v) is 2.42. The zero-order chi connectivity index (χ0) is 15.6. The van der Waals surface area contributed by atoms with E-state index in [0.717, 1.165) is 12.1 Å². The van der Waals surface area contributed by atoms with Crippen LogP contribution in [0, 0.1) is 11.2 Å². The Morgan fingerprint density at radius 3 is 2.25 bits per heavy atom. The highest BCUT2D eigenvalue weighted by Crippen LogP contribution is 2.29. The lowest BCUT2D eigenvalue weighted by molar-refractivity contribution is -0.122. The third-order valence-electron chi connectivity index (χ3n) is 2.42. The Morgan fingerprint density at radius 1 is 1.20 bits per heavy atom. The van der Waals surface area contributed by atoms with Crippen LogP contribution in [0.4, 0.5) is 23.2 Å². The summed E-state index contributed by atoms with van der Waals surface area (Å²) in [5.74, 6) is -1.34. The fourth-order valence-corrected chi connectivity index (χ4v) is 1.26. The first-order valence-electron chi connectivity index (χ1n) is 5.86. The first-order valence-corrected chi connectivity index (χ1v) is 5.86. The molecule has 0 amide bonds. The predicted octanol–water partition coefficient (Wildman–Crippen LogP) is 4.30. The standard InChI is InChI=1S/C14H15F4NO/c1-13(2,3)12(20)8-11(14(16,17)18)19-10-6-4-5-9(15)7-10/h4-8,19H,1-3H3/b11-8+. The molecular formula is C14H15F4NO. The number of rotatable bonds is 3. The van der Waals surface area contributed by atoms with Crippen molar-refractivity contribution in [1.82, 2.24) is 0 Å². The second kappa shape index (κ2) is 5.64. The number of nitrogens with one attached hydrogen (secondary N) is 1. The van der Waals surface area contributed by atoms with E-state index >= 15 is 0 Å². The average Bonchev–Trinajstić information content (AvgIpc) is 2.25. The van der Waals surface area contributed by atoms with Crippen molar-refractivity contribution in [2.45, 2.75) is 26.9 Å². The van der Waals surface area contributed by atoms with Crippen molar-refractivity contribution in [2.75, 3.05) is 5.32 Å². The van der Waals surface area contributed by atoms with E-state index in [9.17, 15) is 22.4 Å². The van der Waals surface area contributed by atoms with E-state index in [0.29, 0.717) is 6.08 Å². The lowest BCUT2D eigenvalue weighted by atomic mass is 9.90. The second-order valence-electron chi connectivity index (χ2n) is 5.31. The molecule has 0 aliphatic heterocycles. The molecule has 0 bridgehead atoms. The summed E-state index contributed by atoms with van der Waals surface area (Å²) in [6.45, 7) is 4.55. The molecule has 0 aliphatic carbocycles. The van der Waals surface area contributed by atoms with Gasteiger partial charge in [0.2, 0.25) is 0 Å². The van der Waals surface area contributed by atoms with E-state index < -0.39 is 28.9 Å². The Bertz CT molecular complexity index is 527. The van der Waals surface area contributed by atoms with E-state index in [1.54, 1.807) is 0 Å². The van der Waals surface area contributed by atoms with Gasteiger partial charge in [0, 0.05) is 17.2 Å². The number of benzene rings is 1. The van der Waals surface area contributed by atoms with Crippen molar-refractivity contribution >= 4 is 11.5 Å². The van der Waals surface area contributed by atoms with Crippen LogP contribution in [0.1, 0.15) is 20.8 Å². The minimum absolute atomic E-state index is 0.0738. The van der Waals surface area contributed by atoms with Crippen LogP contribution in [0.2, 0.25) is 0 Å². The maximum absolute atomic E-state index is 13.0. The van der Waals surface area contributed by atoms with Crippen molar-refractivity contribution in [3.63, 3.8) is 0 Å². The minimum Gasteiger partial charge on any atom is -0.351 e. The summed E-state index contributed by atoms with van der Waals surface area (Å²) in [5.41, 5.74) is -2.22. The van der Waals surface area contributed by atoms with Crippen molar-refractivity contribution in [2.24, 2.45) is 5.41 Å². The molecule has 0 aliphatic rings. The van der Waals surface area contributed by atoms with Crippen LogP contribution in [-0.2, 0) is 4.79 Å². The molecule has 6 heteroatoms. The van der Waals surface area contributed by atoms with Crippen molar-refractivity contribution in [3.05, 3.63) is 41.9 Å². The number of hydrogen-bond donors (Lipinski definition) is 1. The molecule has 1 aromatic carbocycles. The van der Waals surface area contributed by atoms with Crippen LogP contribution in [0.15, 0.2) is 36.0 Å². The van der Waals surface area contributed by atoms with Gasteiger partial charge in [-0.1, -0.05) is 26.8 Å². The molecule has 1 N–H and O–H groups in total. The highest BCUT2D eigenvalue weighted by atomic mass is 19.4. The summed E-state index contributed by atoms with van der Waals surface area (Å²) < 4.78 is 51.6. The van der Waals surface area contributed by atoms with Gasteiger partial charge in [0.1, 0.15) is 11.5 Å². The van der Waals surface area contributed by atoms with Gasteiger partial charge in [0.15, 0.2) is 5.78 Å². The monoisotopic (exact) mass is 289 g/mol. The van der Waals surface area contributed by atoms with E-state index in [2.05, 4.69) is 0 Å². The van der Waals surface area contributed by atoms with Crippen molar-refractivity contribution in [1.29, 1.82) is 0 Å². The van der Waals surface area contributed by atoms with Crippen LogP contribution in [0.5, 0.6) is 0 Å². The van der Waals surface area contributed by atoms with Gasteiger partial charge in [-0.25, -0.2) is 4.39 Å². The smallest absolute Gasteiger partial charge is 0.351 e. The zero-order valence-corrected chi connectivity index (χ0v) is 11.3. The minimum atomic E-state index is -4.73. The van der Waals surface area contributed by atoms with Gasteiger partial charge < -0.3 is 5.32 Å². The topological polar surface area (TPSA) is 29.1 Å². The first-order chi connectivity index (χ1) is 9.00. The van der Waals surface area contributed by atoms with E-state index in [4.69, 9.17) is 0 Å². The first kappa shape index (κ1) is 16.2. The molecule has 1 rings (SSSR count). The number of alkyl halides is 3. The number of anilines is 1. The maximum atomic E-state index is 13.0. The highest BCUT2D eigenvalue weighted by Gasteiger charge is 2.36. The predicted molar refractivity (Wildman–Crippen MR) is 68.6 cm³/mol. The number of halogens is 4. The fourth-order valence-electron chi connectivity index (χ4n) is 1.26. The number of allylic oxidation sites excluding steroid dienone is 2. The summed E-state index contributed by atoms with van der Waals surface area (Å²) in [6, 6.07) is 4.59. The third kappa shape index (κ3) is 4.68. The number of hydrogen-bond acceptors (Lipinski definition) is 2.